The van der Waals surface area contributed by atoms with Crippen LogP contribution in [0, 0.1) is 3.57 Å². The van der Waals surface area contributed by atoms with Gasteiger partial charge in [-0.05, 0) is 35.9 Å². The van der Waals surface area contributed by atoms with Crippen molar-refractivity contribution in [2.24, 2.45) is 0 Å². The van der Waals surface area contributed by atoms with E-state index in [1.165, 1.54) is 0 Å². The lowest BCUT2D eigenvalue weighted by atomic mass is 10.4. The summed E-state index contributed by atoms with van der Waals surface area (Å²) in [6.45, 7) is 6.49. The van der Waals surface area contributed by atoms with Crippen LogP contribution in [0.4, 0.5) is 5.82 Å². The quantitative estimate of drug-likeness (QED) is 0.614. The molecular weight excluding hydrogens is 317 g/mol. The first-order valence-electron chi connectivity index (χ1n) is 5.61. The Kier molecular flexibility index (Phi) is 6.63. The van der Waals surface area contributed by atoms with Crippen LogP contribution >= 0.6 is 22.6 Å². The van der Waals surface area contributed by atoms with Gasteiger partial charge in [-0.1, -0.05) is 6.92 Å². The Hall–Kier alpha value is -0.430. The van der Waals surface area contributed by atoms with Gasteiger partial charge in [-0.15, -0.1) is 0 Å². The van der Waals surface area contributed by atoms with Crippen molar-refractivity contribution in [3.05, 3.63) is 15.6 Å². The second-order valence-corrected chi connectivity index (χ2v) is 4.52. The minimum absolute atomic E-state index is 0.685. The highest BCUT2D eigenvalue weighted by atomic mass is 127. The van der Waals surface area contributed by atoms with Crippen LogP contribution in [0.5, 0.6) is 0 Å². The van der Waals surface area contributed by atoms with Crippen LogP contribution in [0.1, 0.15) is 26.1 Å². The van der Waals surface area contributed by atoms with Crippen molar-refractivity contribution in [2.75, 3.05) is 25.1 Å². The molecule has 5 heteroatoms. The number of rotatable bonds is 7. The standard InChI is InChI=1S/C11H18IN3O/c1-3-6-13-11-9(12)8-14-10(15-11)5-7-16-4-2/h8H,3-7H2,1-2H3,(H,13,14,15). The maximum absolute atomic E-state index is 5.29. The van der Waals surface area contributed by atoms with Crippen LogP contribution in [0.15, 0.2) is 6.20 Å². The molecule has 1 rings (SSSR count). The second-order valence-electron chi connectivity index (χ2n) is 3.36. The lowest BCUT2D eigenvalue weighted by Gasteiger charge is -2.08. The van der Waals surface area contributed by atoms with E-state index >= 15 is 0 Å². The van der Waals surface area contributed by atoms with Crippen LogP contribution in [0.25, 0.3) is 0 Å². The molecule has 0 fully saturated rings. The molecular formula is C11H18IN3O. The average molecular weight is 335 g/mol. The van der Waals surface area contributed by atoms with Gasteiger partial charge in [-0.25, -0.2) is 9.97 Å². The van der Waals surface area contributed by atoms with Crippen molar-refractivity contribution >= 4 is 28.4 Å². The molecule has 1 aromatic heterocycles. The Morgan fingerprint density at radius 1 is 1.44 bits per heavy atom. The fourth-order valence-corrected chi connectivity index (χ4v) is 1.65. The maximum Gasteiger partial charge on any atom is 0.143 e. The highest BCUT2D eigenvalue weighted by molar-refractivity contribution is 14.1. The van der Waals surface area contributed by atoms with Crippen LogP contribution < -0.4 is 5.32 Å². The molecule has 0 radical (unpaired) electrons. The van der Waals surface area contributed by atoms with E-state index in [2.05, 4.69) is 44.8 Å². The van der Waals surface area contributed by atoms with E-state index < -0.39 is 0 Å². The molecule has 16 heavy (non-hydrogen) atoms. The van der Waals surface area contributed by atoms with Gasteiger partial charge in [0.2, 0.25) is 0 Å². The summed E-state index contributed by atoms with van der Waals surface area (Å²) >= 11 is 2.24. The summed E-state index contributed by atoms with van der Waals surface area (Å²) < 4.78 is 6.35. The third-order valence-electron chi connectivity index (χ3n) is 2.01. The lowest BCUT2D eigenvalue weighted by molar-refractivity contribution is 0.149. The summed E-state index contributed by atoms with van der Waals surface area (Å²) in [5.74, 6) is 1.77. The van der Waals surface area contributed by atoms with E-state index in [0.717, 1.165) is 41.2 Å². The SMILES string of the molecule is CCCNc1nc(CCOCC)ncc1I. The molecule has 0 aliphatic rings. The van der Waals surface area contributed by atoms with E-state index in [0.29, 0.717) is 6.61 Å². The summed E-state index contributed by atoms with van der Waals surface area (Å²) in [6.07, 6.45) is 3.72. The average Bonchev–Trinajstić information content (AvgIpc) is 2.30. The number of aromatic nitrogens is 2. The molecule has 0 saturated carbocycles. The van der Waals surface area contributed by atoms with Crippen LogP contribution in [0.2, 0.25) is 0 Å². The first-order chi connectivity index (χ1) is 7.77. The van der Waals surface area contributed by atoms with Gasteiger partial charge in [0.25, 0.3) is 0 Å². The van der Waals surface area contributed by atoms with Gasteiger partial charge in [-0.3, -0.25) is 0 Å². The summed E-state index contributed by atoms with van der Waals surface area (Å²) in [7, 11) is 0. The molecule has 0 aliphatic carbocycles. The minimum Gasteiger partial charge on any atom is -0.381 e. The zero-order valence-corrected chi connectivity index (χ0v) is 12.0. The number of hydrogen-bond acceptors (Lipinski definition) is 4. The molecule has 1 heterocycles. The Labute approximate surface area is 110 Å². The highest BCUT2D eigenvalue weighted by Gasteiger charge is 2.04. The van der Waals surface area contributed by atoms with E-state index in [1.54, 1.807) is 0 Å². The number of hydrogen-bond donors (Lipinski definition) is 1. The third-order valence-corrected chi connectivity index (χ3v) is 2.80. The predicted octanol–water partition coefficient (Wildman–Crippen LogP) is 2.48. The van der Waals surface area contributed by atoms with E-state index in [1.807, 2.05) is 13.1 Å². The van der Waals surface area contributed by atoms with E-state index in [4.69, 9.17) is 4.74 Å². The molecule has 4 nitrogen and oxygen atoms in total. The van der Waals surface area contributed by atoms with Gasteiger partial charge >= 0.3 is 0 Å². The molecule has 90 valence electrons. The Morgan fingerprint density at radius 3 is 2.94 bits per heavy atom. The van der Waals surface area contributed by atoms with E-state index in [9.17, 15) is 0 Å². The number of nitrogens with one attached hydrogen (secondary N) is 1. The zero-order valence-electron chi connectivity index (χ0n) is 9.79. The first-order valence-corrected chi connectivity index (χ1v) is 6.68. The minimum atomic E-state index is 0.685. The molecule has 0 amide bonds. The van der Waals surface area contributed by atoms with Crippen LogP contribution in [0.3, 0.4) is 0 Å². The fraction of sp³-hybridized carbons (Fsp3) is 0.636. The zero-order chi connectivity index (χ0) is 11.8. The van der Waals surface area contributed by atoms with Gasteiger partial charge in [0, 0.05) is 25.8 Å². The number of halogens is 1. The molecule has 1 aromatic rings. The van der Waals surface area contributed by atoms with Crippen molar-refractivity contribution in [3.8, 4) is 0 Å². The fourth-order valence-electron chi connectivity index (χ4n) is 1.20. The normalized spacial score (nSPS) is 10.4. The molecule has 0 bridgehead atoms. The van der Waals surface area contributed by atoms with Crippen LogP contribution in [-0.2, 0) is 11.2 Å². The summed E-state index contributed by atoms with van der Waals surface area (Å²) in [6, 6.07) is 0. The summed E-state index contributed by atoms with van der Waals surface area (Å²) in [5, 5.41) is 3.29. The Morgan fingerprint density at radius 2 is 2.25 bits per heavy atom. The molecule has 0 spiro atoms. The lowest BCUT2D eigenvalue weighted by Crippen LogP contribution is -2.08. The number of nitrogens with zero attached hydrogens (tertiary/aromatic N) is 2. The highest BCUT2D eigenvalue weighted by Crippen LogP contribution is 2.14. The molecule has 0 unspecified atom stereocenters. The summed E-state index contributed by atoms with van der Waals surface area (Å²) in [5.41, 5.74) is 0. The Balaban J connectivity index is 2.58. The van der Waals surface area contributed by atoms with Crippen molar-refractivity contribution in [1.82, 2.24) is 9.97 Å². The smallest absolute Gasteiger partial charge is 0.143 e. The largest absolute Gasteiger partial charge is 0.381 e. The monoisotopic (exact) mass is 335 g/mol. The van der Waals surface area contributed by atoms with Gasteiger partial charge < -0.3 is 10.1 Å². The predicted molar refractivity (Wildman–Crippen MR) is 73.7 cm³/mol. The van der Waals surface area contributed by atoms with E-state index in [-0.39, 0.29) is 0 Å². The maximum atomic E-state index is 5.29. The molecule has 1 N–H and O–H groups in total. The van der Waals surface area contributed by atoms with Gasteiger partial charge in [0.1, 0.15) is 11.6 Å². The van der Waals surface area contributed by atoms with Gasteiger partial charge in [0.05, 0.1) is 10.2 Å². The molecule has 0 atom stereocenters. The van der Waals surface area contributed by atoms with Gasteiger partial charge in [0.15, 0.2) is 0 Å². The van der Waals surface area contributed by atoms with Crippen molar-refractivity contribution in [2.45, 2.75) is 26.7 Å². The first kappa shape index (κ1) is 13.6. The van der Waals surface area contributed by atoms with Crippen molar-refractivity contribution in [3.63, 3.8) is 0 Å². The van der Waals surface area contributed by atoms with Gasteiger partial charge in [-0.2, -0.15) is 0 Å². The third kappa shape index (κ3) is 4.61. The Bertz CT molecular complexity index is 320. The van der Waals surface area contributed by atoms with Crippen molar-refractivity contribution < 1.29 is 4.74 Å². The number of anilines is 1. The summed E-state index contributed by atoms with van der Waals surface area (Å²) in [4.78, 5) is 8.75. The van der Waals surface area contributed by atoms with Crippen LogP contribution in [-0.4, -0.2) is 29.7 Å². The number of ether oxygens (including phenoxy) is 1. The molecule has 0 aliphatic heterocycles. The molecule has 0 aromatic carbocycles. The van der Waals surface area contributed by atoms with Crippen molar-refractivity contribution in [1.29, 1.82) is 0 Å². The second kappa shape index (κ2) is 7.78. The topological polar surface area (TPSA) is 47.0 Å². The molecule has 0 saturated heterocycles.